The molecule has 3 aromatic rings. The average molecular weight is 635 g/mol. The number of carbonyl (C=O) groups excluding carboxylic acids is 2. The van der Waals surface area contributed by atoms with Crippen LogP contribution in [0.25, 0.3) is 10.9 Å². The molecule has 244 valence electrons. The molecule has 3 fully saturated rings. The lowest BCUT2D eigenvalue weighted by molar-refractivity contribution is -0.119. The van der Waals surface area contributed by atoms with E-state index < -0.39 is 29.4 Å². The fraction of sp³-hybridized carbons (Fsp3) is 0.455. The third-order valence-electron chi connectivity index (χ3n) is 8.98. The lowest BCUT2D eigenvalue weighted by Gasteiger charge is -2.39. The first-order valence-corrected chi connectivity index (χ1v) is 15.7. The zero-order valence-electron chi connectivity index (χ0n) is 26.2. The number of nitrogens with one attached hydrogen (secondary N) is 2. The number of fused-ring (bicyclic) bond motifs is 1. The second kappa shape index (κ2) is 12.6. The molecule has 2 aromatic carbocycles. The molecular formula is C33H39FN6O6. The van der Waals surface area contributed by atoms with E-state index in [4.69, 9.17) is 4.74 Å². The van der Waals surface area contributed by atoms with Gasteiger partial charge in [0.05, 0.1) is 30.0 Å². The number of pyridine rings is 1. The number of aromatic carboxylic acids is 1. The molecule has 1 unspecified atom stereocenters. The van der Waals surface area contributed by atoms with Gasteiger partial charge in [0.15, 0.2) is 0 Å². The number of aromatic nitrogens is 1. The summed E-state index contributed by atoms with van der Waals surface area (Å²) in [6.07, 6.45) is 2.28. The SMILES string of the molecule is CCN(CC1CN(c2cc3c(cc2C)c(=O)c(C(=O)O)cn3C2CC2)CCN1)c1ccc(N2C[C@H](CNC(C)=O)OC2=O)cc1F. The number of halogens is 1. The van der Waals surface area contributed by atoms with Crippen molar-refractivity contribution in [1.82, 2.24) is 15.2 Å². The molecule has 46 heavy (non-hydrogen) atoms. The van der Waals surface area contributed by atoms with Gasteiger partial charge in [-0.05, 0) is 62.6 Å². The topological polar surface area (TPSA) is 136 Å². The fourth-order valence-electron chi connectivity index (χ4n) is 6.49. The Balaban J connectivity index is 1.19. The maximum atomic E-state index is 15.6. The number of amides is 2. The number of anilines is 3. The maximum absolute atomic E-state index is 15.6. The molecular weight excluding hydrogens is 595 g/mol. The highest BCUT2D eigenvalue weighted by atomic mass is 19.1. The van der Waals surface area contributed by atoms with Crippen molar-refractivity contribution in [2.45, 2.75) is 51.8 Å². The standard InChI is InChI=1S/C33H39FN6O6/c1-4-37(28-8-7-23(12-27(28)34)40-17-24(46-33(40)45)14-36-20(3)41)15-21-16-38(10-9-35-21)29-13-30-25(11-19(29)2)31(42)26(32(43)44)18-39(30)22-5-6-22/h7-8,11-13,18,21-22,24,35H,4-6,9-10,14-17H2,1-3H3,(H,36,41)(H,43,44)/t21?,24-/m0/s1. The number of ether oxygens (including phenoxy) is 1. The van der Waals surface area contributed by atoms with Crippen LogP contribution in [0.1, 0.15) is 48.7 Å². The summed E-state index contributed by atoms with van der Waals surface area (Å²) in [6, 6.07) is 8.74. The molecule has 2 saturated heterocycles. The number of carboxylic acids is 1. The molecule has 2 aliphatic heterocycles. The second-order valence-corrected chi connectivity index (χ2v) is 12.3. The van der Waals surface area contributed by atoms with Crippen LogP contribution in [0.15, 0.2) is 41.3 Å². The fourth-order valence-corrected chi connectivity index (χ4v) is 6.49. The molecule has 6 rings (SSSR count). The van der Waals surface area contributed by atoms with Crippen molar-refractivity contribution in [2.24, 2.45) is 0 Å². The van der Waals surface area contributed by atoms with Gasteiger partial charge in [-0.25, -0.2) is 14.0 Å². The Kier molecular flexibility index (Phi) is 8.60. The predicted molar refractivity (Wildman–Crippen MR) is 173 cm³/mol. The number of hydrogen-bond donors (Lipinski definition) is 3. The van der Waals surface area contributed by atoms with Crippen LogP contribution < -0.4 is 30.8 Å². The average Bonchev–Trinajstić information content (AvgIpc) is 3.80. The van der Waals surface area contributed by atoms with Gasteiger partial charge in [0.2, 0.25) is 11.3 Å². The zero-order valence-corrected chi connectivity index (χ0v) is 26.2. The highest BCUT2D eigenvalue weighted by Crippen LogP contribution is 2.38. The Labute approximate surface area is 265 Å². The van der Waals surface area contributed by atoms with Crippen LogP contribution in [0.2, 0.25) is 0 Å². The second-order valence-electron chi connectivity index (χ2n) is 12.3. The van der Waals surface area contributed by atoms with E-state index in [1.165, 1.54) is 24.1 Å². The normalized spacial score (nSPS) is 19.8. The largest absolute Gasteiger partial charge is 0.477 e. The molecule has 2 amide bonds. The third-order valence-corrected chi connectivity index (χ3v) is 8.98. The molecule has 3 N–H and O–H groups in total. The molecule has 13 heteroatoms. The van der Waals surface area contributed by atoms with Gasteiger partial charge in [-0.3, -0.25) is 14.5 Å². The Bertz CT molecular complexity index is 1760. The van der Waals surface area contributed by atoms with Crippen LogP contribution in [0.5, 0.6) is 0 Å². The van der Waals surface area contributed by atoms with E-state index in [-0.39, 0.29) is 36.6 Å². The van der Waals surface area contributed by atoms with Gasteiger partial charge in [0.1, 0.15) is 17.5 Å². The summed E-state index contributed by atoms with van der Waals surface area (Å²) in [5, 5.41) is 16.2. The van der Waals surface area contributed by atoms with Gasteiger partial charge in [-0.2, -0.15) is 0 Å². The van der Waals surface area contributed by atoms with Crippen LogP contribution in [-0.4, -0.2) is 85.6 Å². The van der Waals surface area contributed by atoms with E-state index >= 15 is 4.39 Å². The van der Waals surface area contributed by atoms with Gasteiger partial charge in [0.25, 0.3) is 0 Å². The van der Waals surface area contributed by atoms with Crippen molar-refractivity contribution in [3.8, 4) is 0 Å². The van der Waals surface area contributed by atoms with E-state index in [1.807, 2.05) is 35.4 Å². The van der Waals surface area contributed by atoms with E-state index in [0.29, 0.717) is 42.9 Å². The van der Waals surface area contributed by atoms with E-state index in [0.717, 1.165) is 36.2 Å². The van der Waals surface area contributed by atoms with Gasteiger partial charge in [-0.15, -0.1) is 0 Å². The Morgan fingerprint density at radius 1 is 1.17 bits per heavy atom. The van der Waals surface area contributed by atoms with Gasteiger partial charge in [-0.1, -0.05) is 0 Å². The molecule has 0 bridgehead atoms. The molecule has 3 aliphatic rings. The van der Waals surface area contributed by atoms with Crippen LogP contribution in [-0.2, 0) is 9.53 Å². The summed E-state index contributed by atoms with van der Waals surface area (Å²) in [5.41, 5.74) is 2.77. The van der Waals surface area contributed by atoms with Crippen LogP contribution in [0.4, 0.5) is 26.2 Å². The molecule has 0 radical (unpaired) electrons. The number of rotatable bonds is 10. The van der Waals surface area contributed by atoms with Crippen molar-refractivity contribution < 1.29 is 28.6 Å². The van der Waals surface area contributed by atoms with Crippen molar-refractivity contribution in [2.75, 3.05) is 60.5 Å². The number of aryl methyl sites for hydroxylation is 1. The zero-order chi connectivity index (χ0) is 32.7. The van der Waals surface area contributed by atoms with Gasteiger partial charge in [0, 0.05) is 69.0 Å². The minimum Gasteiger partial charge on any atom is -0.477 e. The molecule has 1 aromatic heterocycles. The van der Waals surface area contributed by atoms with Gasteiger partial charge >= 0.3 is 12.1 Å². The molecule has 1 saturated carbocycles. The number of carbonyl (C=O) groups is 3. The first-order chi connectivity index (χ1) is 22.0. The number of carboxylic acid groups (broad SMARTS) is 1. The minimum absolute atomic E-state index is 0.00554. The number of nitrogens with zero attached hydrogens (tertiary/aromatic N) is 4. The van der Waals surface area contributed by atoms with E-state index in [1.54, 1.807) is 12.1 Å². The first-order valence-electron chi connectivity index (χ1n) is 15.7. The van der Waals surface area contributed by atoms with Crippen molar-refractivity contribution >= 4 is 45.9 Å². The summed E-state index contributed by atoms with van der Waals surface area (Å²) < 4.78 is 22.8. The number of piperazine rings is 1. The maximum Gasteiger partial charge on any atom is 0.414 e. The monoisotopic (exact) mass is 634 g/mol. The quantitative estimate of drug-likeness (QED) is 0.307. The lowest BCUT2D eigenvalue weighted by atomic mass is 10.0. The molecule has 3 heterocycles. The van der Waals surface area contributed by atoms with E-state index in [2.05, 4.69) is 15.5 Å². The smallest absolute Gasteiger partial charge is 0.414 e. The Morgan fingerprint density at radius 3 is 2.63 bits per heavy atom. The third kappa shape index (κ3) is 6.23. The highest BCUT2D eigenvalue weighted by molar-refractivity contribution is 5.94. The highest BCUT2D eigenvalue weighted by Gasteiger charge is 2.33. The Morgan fingerprint density at radius 2 is 1.96 bits per heavy atom. The first kappa shape index (κ1) is 31.3. The lowest BCUT2D eigenvalue weighted by Crippen LogP contribution is -2.55. The number of cyclic esters (lactones) is 1. The van der Waals surface area contributed by atoms with Crippen molar-refractivity contribution in [3.05, 3.63) is 63.7 Å². The Hall–Kier alpha value is -4.65. The number of hydrogen-bond acceptors (Lipinski definition) is 8. The van der Waals surface area contributed by atoms with Crippen LogP contribution in [0, 0.1) is 12.7 Å². The van der Waals surface area contributed by atoms with E-state index in [9.17, 15) is 24.3 Å². The molecule has 2 atom stereocenters. The predicted octanol–water partition coefficient (Wildman–Crippen LogP) is 3.25. The molecule has 1 aliphatic carbocycles. The summed E-state index contributed by atoms with van der Waals surface area (Å²) in [5.74, 6) is -1.89. The molecule has 12 nitrogen and oxygen atoms in total. The van der Waals surface area contributed by atoms with Crippen LogP contribution >= 0.6 is 0 Å². The minimum atomic E-state index is -1.22. The molecule has 0 spiro atoms. The summed E-state index contributed by atoms with van der Waals surface area (Å²) >= 11 is 0. The number of benzene rings is 2. The summed E-state index contributed by atoms with van der Waals surface area (Å²) in [6.45, 7) is 8.91. The summed E-state index contributed by atoms with van der Waals surface area (Å²) in [4.78, 5) is 54.1. The van der Waals surface area contributed by atoms with Gasteiger partial charge < -0.3 is 34.8 Å². The number of likely N-dealkylation sites (N-methyl/N-ethyl adjacent to an activating group) is 1. The van der Waals surface area contributed by atoms with Crippen molar-refractivity contribution in [1.29, 1.82) is 0 Å². The summed E-state index contributed by atoms with van der Waals surface area (Å²) in [7, 11) is 0. The van der Waals surface area contributed by atoms with Crippen LogP contribution in [0.3, 0.4) is 0 Å². The van der Waals surface area contributed by atoms with Crippen molar-refractivity contribution in [3.63, 3.8) is 0 Å².